The van der Waals surface area contributed by atoms with Crippen LogP contribution in [-0.4, -0.2) is 27.3 Å². The van der Waals surface area contributed by atoms with Crippen molar-refractivity contribution >= 4 is 17.7 Å². The van der Waals surface area contributed by atoms with Crippen LogP contribution in [0.5, 0.6) is 0 Å². The van der Waals surface area contributed by atoms with Crippen molar-refractivity contribution in [3.63, 3.8) is 0 Å². The zero-order chi connectivity index (χ0) is 9.68. The summed E-state index contributed by atoms with van der Waals surface area (Å²) in [6.45, 7) is 2.72. The Morgan fingerprint density at radius 1 is 1.77 bits per heavy atom. The topological polar surface area (TPSA) is 58.0 Å². The highest BCUT2D eigenvalue weighted by Gasteiger charge is 1.96. The van der Waals surface area contributed by atoms with Crippen LogP contribution in [0.3, 0.4) is 0 Å². The van der Waals surface area contributed by atoms with E-state index in [2.05, 4.69) is 5.10 Å². The fourth-order valence-electron chi connectivity index (χ4n) is 0.939. The number of thioether (sulfide) groups is 1. The van der Waals surface area contributed by atoms with Crippen LogP contribution in [0.4, 0.5) is 0 Å². The molecule has 0 fully saturated rings. The van der Waals surface area contributed by atoms with Crippen molar-refractivity contribution in [3.05, 3.63) is 18.0 Å². The summed E-state index contributed by atoms with van der Waals surface area (Å²) in [5.41, 5.74) is 1.09. The highest BCUT2D eigenvalue weighted by atomic mass is 32.2. The molecule has 0 aliphatic heterocycles. The molecule has 0 aliphatic rings. The number of hydrogen-bond acceptors (Lipinski definition) is 4. The fourth-order valence-corrected chi connectivity index (χ4v) is 1.55. The molecule has 4 nitrogen and oxygen atoms in total. The van der Waals surface area contributed by atoms with Crippen LogP contribution in [0.25, 0.3) is 0 Å². The van der Waals surface area contributed by atoms with Gasteiger partial charge in [0, 0.05) is 23.4 Å². The monoisotopic (exact) mass is 199 g/mol. The van der Waals surface area contributed by atoms with Gasteiger partial charge in [-0.15, -0.1) is 0 Å². The first-order chi connectivity index (χ1) is 6.20. The Labute approximate surface area is 80.9 Å². The Kier molecular flexibility index (Phi) is 3.82. The van der Waals surface area contributed by atoms with Gasteiger partial charge in [-0.3, -0.25) is 4.68 Å². The van der Waals surface area contributed by atoms with Gasteiger partial charge in [0.2, 0.25) is 0 Å². The van der Waals surface area contributed by atoms with Crippen LogP contribution in [0.15, 0.2) is 12.3 Å². The molecule has 1 aromatic heterocycles. The van der Waals surface area contributed by atoms with E-state index < -0.39 is 5.97 Å². The summed E-state index contributed by atoms with van der Waals surface area (Å²) in [6, 6.07) is 1.92. The summed E-state index contributed by atoms with van der Waals surface area (Å²) < 4.78 is 1.85. The number of hydrogen-bond donors (Lipinski definition) is 0. The summed E-state index contributed by atoms with van der Waals surface area (Å²) in [4.78, 5) is 10.1. The molecule has 1 heterocycles. The van der Waals surface area contributed by atoms with E-state index >= 15 is 0 Å². The van der Waals surface area contributed by atoms with Crippen LogP contribution >= 0.6 is 11.8 Å². The molecule has 0 radical (unpaired) electrons. The number of carboxylic acid groups (broad SMARTS) is 1. The standard InChI is InChI=1S/C8H12N2O2S/c1-7-2-3-9-10(7)4-5-13-6-8(11)12/h2-3H,4-6H2,1H3,(H,11,12)/p-1. The van der Waals surface area contributed by atoms with Crippen molar-refractivity contribution in [2.45, 2.75) is 13.5 Å². The zero-order valence-electron chi connectivity index (χ0n) is 7.40. The molecule has 0 aromatic carbocycles. The van der Waals surface area contributed by atoms with E-state index in [4.69, 9.17) is 0 Å². The highest BCUT2D eigenvalue weighted by molar-refractivity contribution is 7.99. The number of aryl methyl sites for hydroxylation is 2. The lowest BCUT2D eigenvalue weighted by Crippen LogP contribution is -2.24. The molecule has 0 saturated heterocycles. The lowest BCUT2D eigenvalue weighted by atomic mass is 10.5. The molecule has 0 unspecified atom stereocenters. The van der Waals surface area contributed by atoms with E-state index in [1.165, 1.54) is 11.8 Å². The Hall–Kier alpha value is -0.970. The summed E-state index contributed by atoms with van der Waals surface area (Å²) in [5.74, 6) is -0.209. The van der Waals surface area contributed by atoms with Crippen molar-refractivity contribution < 1.29 is 9.90 Å². The van der Waals surface area contributed by atoms with Gasteiger partial charge in [0.05, 0.1) is 12.5 Å². The van der Waals surface area contributed by atoms with Gasteiger partial charge in [0.15, 0.2) is 0 Å². The predicted octanol–water partition coefficient (Wildman–Crippen LogP) is -0.325. The first kappa shape index (κ1) is 10.1. The number of aromatic nitrogens is 2. The number of nitrogens with zero attached hydrogens (tertiary/aromatic N) is 2. The smallest absolute Gasteiger partial charge is 0.0513 e. The normalized spacial score (nSPS) is 10.2. The second kappa shape index (κ2) is 4.91. The largest absolute Gasteiger partial charge is 0.549 e. The van der Waals surface area contributed by atoms with E-state index in [0.29, 0.717) is 0 Å². The summed E-state index contributed by atoms with van der Waals surface area (Å²) in [6.07, 6.45) is 1.73. The third kappa shape index (κ3) is 3.50. The number of carbonyl (C=O) groups is 1. The Bertz CT molecular complexity index is 285. The van der Waals surface area contributed by atoms with Crippen molar-refractivity contribution in [3.8, 4) is 0 Å². The van der Waals surface area contributed by atoms with Crippen molar-refractivity contribution in [1.29, 1.82) is 0 Å². The molecule has 0 aliphatic carbocycles. The van der Waals surface area contributed by atoms with Gasteiger partial charge in [-0.2, -0.15) is 16.9 Å². The summed E-state index contributed by atoms with van der Waals surface area (Å²) in [5, 5.41) is 14.1. The molecule has 0 spiro atoms. The van der Waals surface area contributed by atoms with Crippen LogP contribution in [0.2, 0.25) is 0 Å². The second-order valence-electron chi connectivity index (χ2n) is 2.62. The molecule has 0 atom stereocenters. The van der Waals surface area contributed by atoms with Crippen molar-refractivity contribution in [2.75, 3.05) is 11.5 Å². The zero-order valence-corrected chi connectivity index (χ0v) is 8.21. The quantitative estimate of drug-likeness (QED) is 0.609. The minimum absolute atomic E-state index is 0.0559. The maximum absolute atomic E-state index is 10.1. The maximum Gasteiger partial charge on any atom is 0.0513 e. The first-order valence-corrected chi connectivity index (χ1v) is 5.11. The van der Waals surface area contributed by atoms with E-state index in [-0.39, 0.29) is 5.75 Å². The average molecular weight is 199 g/mol. The molecular formula is C8H11N2O2S-. The number of carboxylic acids is 1. The van der Waals surface area contributed by atoms with Crippen LogP contribution < -0.4 is 5.11 Å². The molecule has 5 heteroatoms. The van der Waals surface area contributed by atoms with Gasteiger partial charge >= 0.3 is 0 Å². The molecule has 72 valence electrons. The van der Waals surface area contributed by atoms with Crippen molar-refractivity contribution in [1.82, 2.24) is 9.78 Å². The Morgan fingerprint density at radius 3 is 3.08 bits per heavy atom. The highest BCUT2D eigenvalue weighted by Crippen LogP contribution is 2.02. The average Bonchev–Trinajstić information content (AvgIpc) is 2.45. The lowest BCUT2D eigenvalue weighted by Gasteiger charge is -2.04. The molecule has 0 N–H and O–H groups in total. The number of rotatable bonds is 5. The lowest BCUT2D eigenvalue weighted by molar-refractivity contribution is -0.301. The van der Waals surface area contributed by atoms with Crippen LogP contribution in [0.1, 0.15) is 5.69 Å². The van der Waals surface area contributed by atoms with Gasteiger partial charge in [-0.25, -0.2) is 0 Å². The van der Waals surface area contributed by atoms with Gasteiger partial charge in [-0.1, -0.05) is 0 Å². The van der Waals surface area contributed by atoms with Crippen molar-refractivity contribution in [2.24, 2.45) is 0 Å². The summed E-state index contributed by atoms with van der Waals surface area (Å²) in [7, 11) is 0. The second-order valence-corrected chi connectivity index (χ2v) is 3.73. The first-order valence-electron chi connectivity index (χ1n) is 3.96. The molecule has 13 heavy (non-hydrogen) atoms. The number of carbonyl (C=O) groups excluding carboxylic acids is 1. The molecular weight excluding hydrogens is 188 g/mol. The molecule has 0 saturated carbocycles. The molecule has 0 bridgehead atoms. The molecule has 1 aromatic rings. The van der Waals surface area contributed by atoms with E-state index in [1.54, 1.807) is 6.20 Å². The van der Waals surface area contributed by atoms with Crippen LogP contribution in [-0.2, 0) is 11.3 Å². The predicted molar refractivity (Wildman–Crippen MR) is 49.3 cm³/mol. The van der Waals surface area contributed by atoms with Gasteiger partial charge in [0.1, 0.15) is 0 Å². The SMILES string of the molecule is Cc1ccnn1CCSCC(=O)[O-]. The van der Waals surface area contributed by atoms with E-state index in [9.17, 15) is 9.90 Å². The van der Waals surface area contributed by atoms with E-state index in [0.717, 1.165) is 18.0 Å². The Balaban J connectivity index is 2.20. The fraction of sp³-hybridized carbons (Fsp3) is 0.500. The molecule has 1 rings (SSSR count). The minimum atomic E-state index is -1.01. The van der Waals surface area contributed by atoms with Gasteiger partial charge in [0.25, 0.3) is 0 Å². The summed E-state index contributed by atoms with van der Waals surface area (Å²) >= 11 is 1.35. The Morgan fingerprint density at radius 2 is 2.54 bits per heavy atom. The van der Waals surface area contributed by atoms with Gasteiger partial charge in [-0.05, 0) is 13.0 Å². The van der Waals surface area contributed by atoms with Crippen LogP contribution in [0, 0.1) is 6.92 Å². The third-order valence-corrected chi connectivity index (χ3v) is 2.51. The molecule has 0 amide bonds. The third-order valence-electron chi connectivity index (χ3n) is 1.60. The minimum Gasteiger partial charge on any atom is -0.549 e. The van der Waals surface area contributed by atoms with E-state index in [1.807, 2.05) is 17.7 Å². The van der Waals surface area contributed by atoms with Gasteiger partial charge < -0.3 is 9.90 Å². The number of aliphatic carboxylic acids is 1. The maximum atomic E-state index is 10.1.